The lowest BCUT2D eigenvalue weighted by molar-refractivity contribution is -0.130. The second kappa shape index (κ2) is 15.1. The maximum atomic E-state index is 13.8. The molecule has 0 saturated carbocycles. The average Bonchev–Trinajstić information content (AvgIpc) is 3.88. The molecule has 2 amide bonds. The molecule has 5 aromatic rings. The van der Waals surface area contributed by atoms with Crippen LogP contribution < -0.4 is 14.8 Å². The molecule has 1 N–H and O–H groups in total. The van der Waals surface area contributed by atoms with Crippen LogP contribution in [0, 0.1) is 0 Å². The third-order valence-electron chi connectivity index (χ3n) is 7.55. The van der Waals surface area contributed by atoms with E-state index in [-0.39, 0.29) is 36.6 Å². The summed E-state index contributed by atoms with van der Waals surface area (Å²) < 4.78 is 12.8. The molecule has 0 fully saturated rings. The Bertz CT molecular complexity index is 1820. The molecule has 240 valence electrons. The van der Waals surface area contributed by atoms with Crippen molar-refractivity contribution >= 4 is 40.6 Å². The van der Waals surface area contributed by atoms with Crippen molar-refractivity contribution in [3.05, 3.63) is 118 Å². The van der Waals surface area contributed by atoms with E-state index in [1.807, 2.05) is 108 Å². The first-order valence-corrected chi connectivity index (χ1v) is 17.1. The Morgan fingerprint density at radius 3 is 2.43 bits per heavy atom. The molecule has 10 nitrogen and oxygen atoms in total. The van der Waals surface area contributed by atoms with Gasteiger partial charge in [0, 0.05) is 12.1 Å². The smallest absolute Gasteiger partial charge is 0.253 e. The lowest BCUT2D eigenvalue weighted by Crippen LogP contribution is -2.28. The van der Waals surface area contributed by atoms with E-state index in [9.17, 15) is 9.59 Å². The predicted octanol–water partition coefficient (Wildman–Crippen LogP) is 6.07. The first-order valence-electron chi connectivity index (χ1n) is 15.2. The second-order valence-electron chi connectivity index (χ2n) is 10.6. The van der Waals surface area contributed by atoms with Crippen LogP contribution in [0.4, 0.5) is 0 Å². The molecule has 3 aromatic carbocycles. The second-order valence-corrected chi connectivity index (χ2v) is 12.5. The number of thioether (sulfide) groups is 1. The van der Waals surface area contributed by atoms with Crippen molar-refractivity contribution in [2.24, 2.45) is 5.10 Å². The molecule has 0 saturated heterocycles. The maximum Gasteiger partial charge on any atom is 0.253 e. The largest absolute Gasteiger partial charge is 0.497 e. The van der Waals surface area contributed by atoms with Gasteiger partial charge in [-0.05, 0) is 65.9 Å². The summed E-state index contributed by atoms with van der Waals surface area (Å²) in [5, 5.41) is 20.7. The highest BCUT2D eigenvalue weighted by Gasteiger charge is 2.33. The van der Waals surface area contributed by atoms with Gasteiger partial charge >= 0.3 is 0 Å². The average molecular weight is 667 g/mol. The van der Waals surface area contributed by atoms with Gasteiger partial charge in [0.25, 0.3) is 5.91 Å². The highest BCUT2D eigenvalue weighted by Crippen LogP contribution is 2.35. The van der Waals surface area contributed by atoms with Crippen molar-refractivity contribution in [1.82, 2.24) is 25.1 Å². The van der Waals surface area contributed by atoms with Crippen LogP contribution in [-0.2, 0) is 22.6 Å². The minimum absolute atomic E-state index is 0.0867. The van der Waals surface area contributed by atoms with Gasteiger partial charge in [0.15, 0.2) is 11.0 Å². The number of hydrogen-bond donors (Lipinski definition) is 1. The molecule has 0 bridgehead atoms. The van der Waals surface area contributed by atoms with Crippen LogP contribution in [0.25, 0.3) is 5.69 Å². The van der Waals surface area contributed by atoms with Crippen LogP contribution in [0.1, 0.15) is 41.2 Å². The van der Waals surface area contributed by atoms with E-state index in [1.54, 1.807) is 23.5 Å². The van der Waals surface area contributed by atoms with Crippen LogP contribution in [0.5, 0.6) is 11.5 Å². The van der Waals surface area contributed by atoms with Gasteiger partial charge in [-0.15, -0.1) is 21.5 Å². The van der Waals surface area contributed by atoms with Gasteiger partial charge in [0.2, 0.25) is 5.91 Å². The van der Waals surface area contributed by atoms with Gasteiger partial charge in [-0.1, -0.05) is 60.3 Å². The monoisotopic (exact) mass is 666 g/mol. The molecule has 2 aromatic heterocycles. The minimum atomic E-state index is -0.245. The minimum Gasteiger partial charge on any atom is -0.497 e. The topological polar surface area (TPSA) is 111 Å². The summed E-state index contributed by atoms with van der Waals surface area (Å²) in [7, 11) is 1.63. The van der Waals surface area contributed by atoms with E-state index in [0.717, 1.165) is 38.9 Å². The van der Waals surface area contributed by atoms with Crippen LogP contribution in [0.3, 0.4) is 0 Å². The SMILES string of the molecule is CCOc1ccc(-n2c(CNC(=O)Cc3ccccc3)nnc2SCC(=O)N2N=C(c3cccs3)C[C@H]2c2ccc(OC)cc2)cc1. The Balaban J connectivity index is 1.22. The fraction of sp³-hybridized carbons (Fsp3) is 0.229. The summed E-state index contributed by atoms with van der Waals surface area (Å²) in [6.07, 6.45) is 0.867. The van der Waals surface area contributed by atoms with Crippen molar-refractivity contribution in [2.75, 3.05) is 19.5 Å². The number of hydrazone groups is 1. The zero-order chi connectivity index (χ0) is 32.6. The van der Waals surface area contributed by atoms with Gasteiger partial charge in [-0.25, -0.2) is 5.01 Å². The molecule has 3 heterocycles. The lowest BCUT2D eigenvalue weighted by atomic mass is 10.0. The Morgan fingerprint density at radius 1 is 0.957 bits per heavy atom. The number of ether oxygens (including phenoxy) is 2. The van der Waals surface area contributed by atoms with E-state index in [1.165, 1.54) is 11.8 Å². The molecule has 0 spiro atoms. The van der Waals surface area contributed by atoms with E-state index in [2.05, 4.69) is 15.5 Å². The van der Waals surface area contributed by atoms with Gasteiger partial charge in [-0.2, -0.15) is 5.10 Å². The molecule has 1 atom stereocenters. The van der Waals surface area contributed by atoms with Gasteiger partial charge < -0.3 is 14.8 Å². The Morgan fingerprint density at radius 2 is 1.72 bits per heavy atom. The molecular weight excluding hydrogens is 633 g/mol. The van der Waals surface area contributed by atoms with E-state index < -0.39 is 0 Å². The molecule has 1 aliphatic rings. The number of hydrogen-bond acceptors (Lipinski definition) is 9. The summed E-state index contributed by atoms with van der Waals surface area (Å²) in [4.78, 5) is 27.6. The summed E-state index contributed by atoms with van der Waals surface area (Å²) in [5.74, 6) is 1.84. The number of benzene rings is 3. The van der Waals surface area contributed by atoms with Crippen LogP contribution >= 0.6 is 23.1 Å². The Kier molecular flexibility index (Phi) is 10.3. The fourth-order valence-corrected chi connectivity index (χ4v) is 6.80. The number of thiophene rings is 1. The molecule has 6 rings (SSSR count). The van der Waals surface area contributed by atoms with E-state index in [4.69, 9.17) is 14.6 Å². The summed E-state index contributed by atoms with van der Waals surface area (Å²) >= 11 is 2.88. The number of methoxy groups -OCH3 is 1. The number of carbonyl (C=O) groups is 2. The Hall–Kier alpha value is -4.94. The predicted molar refractivity (Wildman–Crippen MR) is 183 cm³/mol. The van der Waals surface area contributed by atoms with E-state index >= 15 is 0 Å². The zero-order valence-electron chi connectivity index (χ0n) is 26.0. The third kappa shape index (κ3) is 7.72. The van der Waals surface area contributed by atoms with Crippen molar-refractivity contribution in [3.8, 4) is 17.2 Å². The summed E-state index contributed by atoms with van der Waals surface area (Å²) in [5.41, 5.74) is 3.57. The first kappa shape index (κ1) is 32.0. The standard InChI is InChI=1S/C35H34N6O4S2/c1-3-45-28-17-13-26(14-18-28)40-32(22-36-33(42)20-24-8-5-4-6-9-24)37-38-35(40)47-23-34(43)41-30(25-11-15-27(44-2)16-12-25)21-29(39-41)31-10-7-19-46-31/h4-19,30H,3,20-23H2,1-2H3,(H,36,42)/t30-/m0/s1. The quantitative estimate of drug-likeness (QED) is 0.152. The lowest BCUT2D eigenvalue weighted by Gasteiger charge is -2.22. The highest BCUT2D eigenvalue weighted by atomic mass is 32.2. The summed E-state index contributed by atoms with van der Waals surface area (Å²) in [6, 6.07) is 28.7. The molecule has 0 aliphatic carbocycles. The molecule has 47 heavy (non-hydrogen) atoms. The summed E-state index contributed by atoms with van der Waals surface area (Å²) in [6.45, 7) is 2.65. The van der Waals surface area contributed by atoms with Crippen LogP contribution in [0.2, 0.25) is 0 Å². The van der Waals surface area contributed by atoms with Crippen LogP contribution in [0.15, 0.2) is 107 Å². The molecular formula is C35H34N6O4S2. The van der Waals surface area contributed by atoms with Gasteiger partial charge in [-0.3, -0.25) is 14.2 Å². The maximum absolute atomic E-state index is 13.8. The Labute approximate surface area is 281 Å². The van der Waals surface area contributed by atoms with Crippen molar-refractivity contribution in [3.63, 3.8) is 0 Å². The highest BCUT2D eigenvalue weighted by molar-refractivity contribution is 7.99. The number of carbonyl (C=O) groups excluding carboxylic acids is 2. The van der Waals surface area contributed by atoms with Gasteiger partial charge in [0.05, 0.1) is 49.1 Å². The van der Waals surface area contributed by atoms with Crippen molar-refractivity contribution < 1.29 is 19.1 Å². The fourth-order valence-electron chi connectivity index (χ4n) is 5.26. The van der Waals surface area contributed by atoms with Crippen molar-refractivity contribution in [2.45, 2.75) is 37.5 Å². The molecule has 0 unspecified atom stereocenters. The number of amides is 2. The van der Waals surface area contributed by atoms with E-state index in [0.29, 0.717) is 24.0 Å². The molecule has 1 aliphatic heterocycles. The molecule has 0 radical (unpaired) electrons. The number of nitrogens with one attached hydrogen (secondary N) is 1. The first-order chi connectivity index (χ1) is 23.0. The number of rotatable bonds is 13. The zero-order valence-corrected chi connectivity index (χ0v) is 27.7. The molecule has 12 heteroatoms. The number of aromatic nitrogens is 3. The third-order valence-corrected chi connectivity index (χ3v) is 9.39. The van der Waals surface area contributed by atoms with Gasteiger partial charge in [0.1, 0.15) is 11.5 Å². The normalized spacial score (nSPS) is 14.1. The number of nitrogens with zero attached hydrogens (tertiary/aromatic N) is 5. The van der Waals surface area contributed by atoms with Crippen molar-refractivity contribution in [1.29, 1.82) is 0 Å². The van der Waals surface area contributed by atoms with Crippen LogP contribution in [-0.4, -0.2) is 56.8 Å².